The molecule has 5 nitrogen and oxygen atoms in total. The minimum absolute atomic E-state index is 0.122. The quantitative estimate of drug-likeness (QED) is 0.493. The van der Waals surface area contributed by atoms with E-state index in [0.29, 0.717) is 0 Å². The zero-order valence-electron chi connectivity index (χ0n) is 7.53. The Hall–Kier alpha value is -1.52. The average molecular weight is 188 g/mol. The van der Waals surface area contributed by atoms with E-state index in [2.05, 4.69) is 0 Å². The van der Waals surface area contributed by atoms with Crippen LogP contribution in [0.5, 0.6) is 0 Å². The Bertz CT molecular complexity index is 241. The first-order valence-electron chi connectivity index (χ1n) is 3.87. The highest BCUT2D eigenvalue weighted by atomic mass is 16.5. The molecule has 2 N–H and O–H groups in total. The summed E-state index contributed by atoms with van der Waals surface area (Å²) < 4.78 is 4.72. The van der Waals surface area contributed by atoms with E-state index in [4.69, 9.17) is 14.9 Å². The van der Waals surface area contributed by atoms with E-state index in [0.717, 1.165) is 0 Å². The first-order valence-corrected chi connectivity index (χ1v) is 3.87. The van der Waals surface area contributed by atoms with Gasteiger partial charge in [0.25, 0.3) is 0 Å². The van der Waals surface area contributed by atoms with Gasteiger partial charge in [-0.1, -0.05) is 6.92 Å². The lowest BCUT2D eigenvalue weighted by atomic mass is 10.2. The van der Waals surface area contributed by atoms with Gasteiger partial charge in [0.1, 0.15) is 0 Å². The topological polar surface area (TPSA) is 83.8 Å². The molecular formula is C8H12O5. The van der Waals surface area contributed by atoms with Crippen LogP contribution in [0, 0.1) is 0 Å². The summed E-state index contributed by atoms with van der Waals surface area (Å²) in [6, 6.07) is 0. The molecule has 0 aromatic heterocycles. The number of aliphatic carboxylic acids is 2. The molecule has 0 heterocycles. The SMILES string of the molecule is CCO/C(C(=O)O)=C(\CC)C(=O)O. The van der Waals surface area contributed by atoms with Crippen LogP contribution in [0.4, 0.5) is 0 Å². The van der Waals surface area contributed by atoms with E-state index < -0.39 is 17.7 Å². The summed E-state index contributed by atoms with van der Waals surface area (Å²) in [6.45, 7) is 3.29. The third kappa shape index (κ3) is 3.14. The van der Waals surface area contributed by atoms with Gasteiger partial charge in [-0.05, 0) is 13.3 Å². The normalized spacial score (nSPS) is 11.8. The minimum Gasteiger partial charge on any atom is -0.486 e. The largest absolute Gasteiger partial charge is 0.486 e. The molecule has 0 bridgehead atoms. The van der Waals surface area contributed by atoms with Gasteiger partial charge in [-0.25, -0.2) is 9.59 Å². The Morgan fingerprint density at radius 1 is 1.15 bits per heavy atom. The molecule has 0 aliphatic rings. The maximum absolute atomic E-state index is 10.6. The van der Waals surface area contributed by atoms with Gasteiger partial charge < -0.3 is 14.9 Å². The highest BCUT2D eigenvalue weighted by molar-refractivity contribution is 5.97. The number of rotatable bonds is 5. The number of hydrogen-bond acceptors (Lipinski definition) is 3. The number of carboxylic acids is 2. The molecule has 0 rings (SSSR count). The summed E-state index contributed by atoms with van der Waals surface area (Å²) in [5.74, 6) is -3.08. The van der Waals surface area contributed by atoms with E-state index in [1.807, 2.05) is 0 Å². The second-order valence-electron chi connectivity index (χ2n) is 2.20. The molecule has 0 fully saturated rings. The Morgan fingerprint density at radius 2 is 1.69 bits per heavy atom. The second-order valence-corrected chi connectivity index (χ2v) is 2.20. The number of hydrogen-bond donors (Lipinski definition) is 2. The van der Waals surface area contributed by atoms with Crippen molar-refractivity contribution in [3.63, 3.8) is 0 Å². The van der Waals surface area contributed by atoms with Crippen molar-refractivity contribution in [1.29, 1.82) is 0 Å². The van der Waals surface area contributed by atoms with Crippen LogP contribution in [-0.2, 0) is 14.3 Å². The molecule has 0 atom stereocenters. The van der Waals surface area contributed by atoms with Crippen molar-refractivity contribution >= 4 is 11.9 Å². The van der Waals surface area contributed by atoms with Crippen molar-refractivity contribution < 1.29 is 24.5 Å². The van der Waals surface area contributed by atoms with Gasteiger partial charge in [-0.3, -0.25) is 0 Å². The van der Waals surface area contributed by atoms with Gasteiger partial charge in [0.2, 0.25) is 5.76 Å². The summed E-state index contributed by atoms with van der Waals surface area (Å²) in [5, 5.41) is 17.2. The number of ether oxygens (including phenoxy) is 1. The Balaban J connectivity index is 5.00. The lowest BCUT2D eigenvalue weighted by Crippen LogP contribution is -2.13. The molecule has 0 amide bonds. The highest BCUT2D eigenvalue weighted by Gasteiger charge is 2.19. The summed E-state index contributed by atoms with van der Waals surface area (Å²) in [5.41, 5.74) is -0.214. The maximum atomic E-state index is 10.6. The summed E-state index contributed by atoms with van der Waals surface area (Å²) >= 11 is 0. The lowest BCUT2D eigenvalue weighted by Gasteiger charge is -2.06. The molecule has 0 aromatic rings. The van der Waals surface area contributed by atoms with Crippen molar-refractivity contribution in [3.05, 3.63) is 11.3 Å². The molecule has 74 valence electrons. The summed E-state index contributed by atoms with van der Waals surface area (Å²) in [7, 11) is 0. The van der Waals surface area contributed by atoms with Crippen LogP contribution in [0.2, 0.25) is 0 Å². The lowest BCUT2D eigenvalue weighted by molar-refractivity contribution is -0.139. The fourth-order valence-corrected chi connectivity index (χ4v) is 0.831. The fraction of sp³-hybridized carbons (Fsp3) is 0.500. The third-order valence-corrected chi connectivity index (χ3v) is 1.37. The first kappa shape index (κ1) is 11.5. The molecule has 0 saturated heterocycles. The van der Waals surface area contributed by atoms with Crippen molar-refractivity contribution in [2.24, 2.45) is 0 Å². The smallest absolute Gasteiger partial charge is 0.371 e. The van der Waals surface area contributed by atoms with Crippen molar-refractivity contribution in [2.75, 3.05) is 6.61 Å². The zero-order valence-corrected chi connectivity index (χ0v) is 7.53. The standard InChI is InChI=1S/C8H12O5/c1-3-5(7(9)10)6(8(11)12)13-4-2/h3-4H2,1-2H3,(H,9,10)(H,11,12)/b6-5+. The van der Waals surface area contributed by atoms with E-state index in [-0.39, 0.29) is 18.6 Å². The van der Waals surface area contributed by atoms with Crippen LogP contribution in [0.25, 0.3) is 0 Å². The molecule has 0 saturated carbocycles. The Labute approximate surface area is 75.6 Å². The molecule has 0 aromatic carbocycles. The van der Waals surface area contributed by atoms with Crippen LogP contribution in [0.15, 0.2) is 11.3 Å². The molecule has 0 spiro atoms. The minimum atomic E-state index is -1.35. The molecule has 0 radical (unpaired) electrons. The highest BCUT2D eigenvalue weighted by Crippen LogP contribution is 2.10. The predicted molar refractivity (Wildman–Crippen MR) is 44.2 cm³/mol. The Kier molecular flexibility index (Phi) is 4.58. The van der Waals surface area contributed by atoms with Gasteiger partial charge >= 0.3 is 11.9 Å². The number of carbonyl (C=O) groups is 2. The maximum Gasteiger partial charge on any atom is 0.371 e. The van der Waals surface area contributed by atoms with Crippen LogP contribution in [-0.4, -0.2) is 28.8 Å². The molecule has 5 heteroatoms. The first-order chi connectivity index (χ1) is 6.04. The Morgan fingerprint density at radius 3 is 1.92 bits per heavy atom. The molecule has 13 heavy (non-hydrogen) atoms. The van der Waals surface area contributed by atoms with E-state index in [9.17, 15) is 9.59 Å². The molecular weight excluding hydrogens is 176 g/mol. The zero-order chi connectivity index (χ0) is 10.4. The van der Waals surface area contributed by atoms with Crippen molar-refractivity contribution in [1.82, 2.24) is 0 Å². The molecule has 0 unspecified atom stereocenters. The van der Waals surface area contributed by atoms with Gasteiger partial charge in [0, 0.05) is 0 Å². The van der Waals surface area contributed by atoms with E-state index >= 15 is 0 Å². The predicted octanol–water partition coefficient (Wildman–Crippen LogP) is 0.856. The van der Waals surface area contributed by atoms with Crippen molar-refractivity contribution in [3.8, 4) is 0 Å². The number of carboxylic acid groups (broad SMARTS) is 2. The van der Waals surface area contributed by atoms with E-state index in [1.54, 1.807) is 13.8 Å². The summed E-state index contributed by atoms with van der Waals surface area (Å²) in [6.07, 6.45) is 0.122. The van der Waals surface area contributed by atoms with Gasteiger partial charge in [0.05, 0.1) is 12.2 Å². The van der Waals surface area contributed by atoms with Gasteiger partial charge in [-0.2, -0.15) is 0 Å². The van der Waals surface area contributed by atoms with E-state index in [1.165, 1.54) is 0 Å². The van der Waals surface area contributed by atoms with Crippen LogP contribution >= 0.6 is 0 Å². The molecule has 0 aliphatic heterocycles. The second kappa shape index (κ2) is 5.18. The van der Waals surface area contributed by atoms with Crippen LogP contribution < -0.4 is 0 Å². The fourth-order valence-electron chi connectivity index (χ4n) is 0.831. The van der Waals surface area contributed by atoms with Gasteiger partial charge in [-0.15, -0.1) is 0 Å². The monoisotopic (exact) mass is 188 g/mol. The third-order valence-electron chi connectivity index (χ3n) is 1.37. The summed E-state index contributed by atoms with van der Waals surface area (Å²) in [4.78, 5) is 21.1. The van der Waals surface area contributed by atoms with Crippen LogP contribution in [0.3, 0.4) is 0 Å². The van der Waals surface area contributed by atoms with Crippen molar-refractivity contribution in [2.45, 2.75) is 20.3 Å². The van der Waals surface area contributed by atoms with Crippen LogP contribution in [0.1, 0.15) is 20.3 Å². The average Bonchev–Trinajstić information content (AvgIpc) is 2.03. The van der Waals surface area contributed by atoms with Gasteiger partial charge in [0.15, 0.2) is 0 Å². The molecule has 0 aliphatic carbocycles.